The first-order valence-corrected chi connectivity index (χ1v) is 7.44. The molecule has 1 aromatic carbocycles. The maximum absolute atomic E-state index is 12.4. The van der Waals surface area contributed by atoms with Crippen LogP contribution in [0.5, 0.6) is 0 Å². The third kappa shape index (κ3) is 3.43. The molecular formula is C17H23NO3. The third-order valence-electron chi connectivity index (χ3n) is 4.16. The molecule has 0 radical (unpaired) electrons. The van der Waals surface area contributed by atoms with Gasteiger partial charge in [0, 0.05) is 5.69 Å². The van der Waals surface area contributed by atoms with E-state index in [2.05, 4.69) is 26.1 Å². The molecule has 114 valence electrons. The van der Waals surface area contributed by atoms with Gasteiger partial charge in [-0.05, 0) is 29.9 Å². The molecule has 2 N–H and O–H groups in total. The Labute approximate surface area is 125 Å². The van der Waals surface area contributed by atoms with Crippen LogP contribution in [0.15, 0.2) is 24.3 Å². The zero-order valence-electron chi connectivity index (χ0n) is 12.8. The van der Waals surface area contributed by atoms with E-state index in [0.717, 1.165) is 17.7 Å². The van der Waals surface area contributed by atoms with E-state index >= 15 is 0 Å². The molecule has 2 atom stereocenters. The Hall–Kier alpha value is -1.84. The minimum absolute atomic E-state index is 0.0776. The monoisotopic (exact) mass is 289 g/mol. The van der Waals surface area contributed by atoms with E-state index in [0.29, 0.717) is 12.8 Å². The first-order chi connectivity index (χ1) is 9.80. The largest absolute Gasteiger partial charge is 0.481 e. The SMILES string of the molecule is CC(C)(C)c1ccccc1NC(=O)C1CCCC1C(=O)O. The molecular weight excluding hydrogens is 266 g/mol. The zero-order chi connectivity index (χ0) is 15.6. The summed E-state index contributed by atoms with van der Waals surface area (Å²) in [5, 5.41) is 12.1. The van der Waals surface area contributed by atoms with Crippen LogP contribution in [0.1, 0.15) is 45.6 Å². The van der Waals surface area contributed by atoms with Crippen LogP contribution in [0.25, 0.3) is 0 Å². The van der Waals surface area contributed by atoms with Gasteiger partial charge in [-0.15, -0.1) is 0 Å². The van der Waals surface area contributed by atoms with Gasteiger partial charge in [0.1, 0.15) is 0 Å². The third-order valence-corrected chi connectivity index (χ3v) is 4.16. The number of carbonyl (C=O) groups excluding carboxylic acids is 1. The van der Waals surface area contributed by atoms with Crippen LogP contribution >= 0.6 is 0 Å². The van der Waals surface area contributed by atoms with E-state index in [9.17, 15) is 14.7 Å². The number of hydrogen-bond donors (Lipinski definition) is 2. The summed E-state index contributed by atoms with van der Waals surface area (Å²) in [5.41, 5.74) is 1.76. The van der Waals surface area contributed by atoms with Crippen molar-refractivity contribution in [2.75, 3.05) is 5.32 Å². The van der Waals surface area contributed by atoms with Crippen molar-refractivity contribution in [3.05, 3.63) is 29.8 Å². The quantitative estimate of drug-likeness (QED) is 0.896. The summed E-state index contributed by atoms with van der Waals surface area (Å²) in [6.07, 6.45) is 2.05. The predicted octanol–water partition coefficient (Wildman–Crippen LogP) is 3.42. The van der Waals surface area contributed by atoms with Crippen molar-refractivity contribution in [2.24, 2.45) is 11.8 Å². The molecule has 1 fully saturated rings. The summed E-state index contributed by atoms with van der Waals surface area (Å²) >= 11 is 0. The van der Waals surface area contributed by atoms with Crippen molar-refractivity contribution in [3.63, 3.8) is 0 Å². The van der Waals surface area contributed by atoms with Gasteiger partial charge < -0.3 is 10.4 Å². The lowest BCUT2D eigenvalue weighted by Gasteiger charge is -2.24. The summed E-state index contributed by atoms with van der Waals surface area (Å²) in [5.74, 6) is -2.00. The number of hydrogen-bond acceptors (Lipinski definition) is 2. The number of anilines is 1. The molecule has 21 heavy (non-hydrogen) atoms. The standard InChI is InChI=1S/C17H23NO3/c1-17(2,3)13-9-4-5-10-14(13)18-15(19)11-7-6-8-12(11)16(20)21/h4-5,9-12H,6-8H2,1-3H3,(H,18,19)(H,20,21). The second-order valence-electron chi connectivity index (χ2n) is 6.77. The van der Waals surface area contributed by atoms with E-state index in [4.69, 9.17) is 0 Å². The molecule has 4 nitrogen and oxygen atoms in total. The van der Waals surface area contributed by atoms with Crippen LogP contribution in [0.4, 0.5) is 5.69 Å². The highest BCUT2D eigenvalue weighted by molar-refractivity contribution is 5.96. The van der Waals surface area contributed by atoms with Crippen LogP contribution in [-0.4, -0.2) is 17.0 Å². The van der Waals surface area contributed by atoms with Crippen LogP contribution in [0.2, 0.25) is 0 Å². The van der Waals surface area contributed by atoms with Crippen LogP contribution in [0, 0.1) is 11.8 Å². The zero-order valence-corrected chi connectivity index (χ0v) is 12.8. The number of carboxylic acid groups (broad SMARTS) is 1. The minimum Gasteiger partial charge on any atom is -0.481 e. The highest BCUT2D eigenvalue weighted by atomic mass is 16.4. The lowest BCUT2D eigenvalue weighted by atomic mass is 9.85. The van der Waals surface area contributed by atoms with E-state index < -0.39 is 17.8 Å². The van der Waals surface area contributed by atoms with Crippen molar-refractivity contribution in [1.29, 1.82) is 0 Å². The number of nitrogens with one attached hydrogen (secondary N) is 1. The van der Waals surface area contributed by atoms with Gasteiger partial charge in [0.2, 0.25) is 5.91 Å². The first-order valence-electron chi connectivity index (χ1n) is 7.44. The summed E-state index contributed by atoms with van der Waals surface area (Å²) < 4.78 is 0. The van der Waals surface area contributed by atoms with Crippen molar-refractivity contribution in [1.82, 2.24) is 0 Å². The highest BCUT2D eigenvalue weighted by Crippen LogP contribution is 2.34. The average molecular weight is 289 g/mol. The lowest BCUT2D eigenvalue weighted by Crippen LogP contribution is -2.30. The molecule has 4 heteroatoms. The fraction of sp³-hybridized carbons (Fsp3) is 0.529. The summed E-state index contributed by atoms with van der Waals surface area (Å²) in [4.78, 5) is 23.6. The van der Waals surface area contributed by atoms with Gasteiger partial charge >= 0.3 is 5.97 Å². The molecule has 0 saturated heterocycles. The van der Waals surface area contributed by atoms with Crippen molar-refractivity contribution in [2.45, 2.75) is 45.4 Å². The Morgan fingerprint density at radius 2 is 1.76 bits per heavy atom. The number of rotatable bonds is 3. The van der Waals surface area contributed by atoms with Crippen LogP contribution in [0.3, 0.4) is 0 Å². The summed E-state index contributed by atoms with van der Waals surface area (Å²) in [7, 11) is 0. The molecule has 0 heterocycles. The van der Waals surface area contributed by atoms with Gasteiger partial charge in [0.15, 0.2) is 0 Å². The molecule has 1 aliphatic carbocycles. The van der Waals surface area contributed by atoms with Crippen LogP contribution < -0.4 is 5.32 Å². The number of carbonyl (C=O) groups is 2. The van der Waals surface area contributed by atoms with Crippen LogP contribution in [-0.2, 0) is 15.0 Å². The Balaban J connectivity index is 2.19. The van der Waals surface area contributed by atoms with E-state index in [1.807, 2.05) is 24.3 Å². The molecule has 2 unspecified atom stereocenters. The average Bonchev–Trinajstić information content (AvgIpc) is 2.87. The molecule has 2 rings (SSSR count). The molecule has 1 saturated carbocycles. The number of aliphatic carboxylic acids is 1. The molecule has 0 spiro atoms. The second-order valence-corrected chi connectivity index (χ2v) is 6.77. The fourth-order valence-corrected chi connectivity index (χ4v) is 3.04. The number of benzene rings is 1. The van der Waals surface area contributed by atoms with Crippen molar-refractivity contribution < 1.29 is 14.7 Å². The van der Waals surface area contributed by atoms with Gasteiger partial charge in [-0.3, -0.25) is 9.59 Å². The summed E-state index contributed by atoms with van der Waals surface area (Å²) in [6.45, 7) is 6.27. The number of carboxylic acids is 1. The molecule has 1 aromatic rings. The van der Waals surface area contributed by atoms with E-state index in [-0.39, 0.29) is 11.3 Å². The van der Waals surface area contributed by atoms with Gasteiger partial charge in [-0.2, -0.15) is 0 Å². The van der Waals surface area contributed by atoms with E-state index in [1.54, 1.807) is 0 Å². The Morgan fingerprint density at radius 1 is 1.14 bits per heavy atom. The number of amides is 1. The Kier molecular flexibility index (Phi) is 4.35. The lowest BCUT2D eigenvalue weighted by molar-refractivity contribution is -0.145. The van der Waals surface area contributed by atoms with Gasteiger partial charge in [-0.1, -0.05) is 45.4 Å². The molecule has 1 aliphatic rings. The molecule has 0 bridgehead atoms. The molecule has 0 aromatic heterocycles. The van der Waals surface area contributed by atoms with Gasteiger partial charge in [0.25, 0.3) is 0 Å². The Morgan fingerprint density at radius 3 is 2.38 bits per heavy atom. The Bertz CT molecular complexity index is 545. The number of para-hydroxylation sites is 1. The highest BCUT2D eigenvalue weighted by Gasteiger charge is 2.38. The van der Waals surface area contributed by atoms with E-state index in [1.165, 1.54) is 0 Å². The topological polar surface area (TPSA) is 66.4 Å². The molecule has 0 aliphatic heterocycles. The maximum atomic E-state index is 12.4. The van der Waals surface area contributed by atoms with Gasteiger partial charge in [0.05, 0.1) is 11.8 Å². The molecule has 1 amide bonds. The van der Waals surface area contributed by atoms with Crippen molar-refractivity contribution >= 4 is 17.6 Å². The minimum atomic E-state index is -0.864. The fourth-order valence-electron chi connectivity index (χ4n) is 3.04. The van der Waals surface area contributed by atoms with Crippen molar-refractivity contribution in [3.8, 4) is 0 Å². The summed E-state index contributed by atoms with van der Waals surface area (Å²) in [6, 6.07) is 7.71. The first kappa shape index (κ1) is 15.5. The smallest absolute Gasteiger partial charge is 0.307 e. The van der Waals surface area contributed by atoms with Gasteiger partial charge in [-0.25, -0.2) is 0 Å². The predicted molar refractivity (Wildman–Crippen MR) is 82.2 cm³/mol. The maximum Gasteiger partial charge on any atom is 0.307 e. The second kappa shape index (κ2) is 5.88. The normalized spacial score (nSPS) is 22.0.